The molecule has 1 aliphatic carbocycles. The Kier molecular flexibility index (Phi) is 6.13. The number of aromatic nitrogens is 7. The highest BCUT2D eigenvalue weighted by Gasteiger charge is 2.17. The number of benzene rings is 1. The second-order valence-electron chi connectivity index (χ2n) is 9.35. The number of fused-ring (bicyclic) bond motifs is 1. The highest BCUT2D eigenvalue weighted by atomic mass is 19.1. The maximum atomic E-state index is 14.7. The summed E-state index contributed by atoms with van der Waals surface area (Å²) in [5, 5.41) is 21.3. The van der Waals surface area contributed by atoms with E-state index in [2.05, 4.69) is 36.4 Å². The Morgan fingerprint density at radius 2 is 1.89 bits per heavy atom. The number of nitrogens with zero attached hydrogens (tertiary/aromatic N) is 8. The Morgan fingerprint density at radius 3 is 2.74 bits per heavy atom. The zero-order valence-corrected chi connectivity index (χ0v) is 20.5. The lowest BCUT2D eigenvalue weighted by atomic mass is 9.96. The van der Waals surface area contributed by atoms with Crippen LogP contribution in [-0.2, 0) is 6.54 Å². The minimum absolute atomic E-state index is 0.0508. The van der Waals surface area contributed by atoms with Crippen LogP contribution in [-0.4, -0.2) is 34.3 Å². The number of nitriles is 1. The Bertz CT molecular complexity index is 1660. The van der Waals surface area contributed by atoms with Crippen LogP contribution in [0.15, 0.2) is 54.9 Å². The van der Waals surface area contributed by atoms with Crippen molar-refractivity contribution in [2.24, 2.45) is 0 Å². The van der Waals surface area contributed by atoms with Gasteiger partial charge in [0.2, 0.25) is 11.9 Å². The van der Waals surface area contributed by atoms with Crippen LogP contribution in [0.25, 0.3) is 28.2 Å². The summed E-state index contributed by atoms with van der Waals surface area (Å²) < 4.78 is 18.1. The fourth-order valence-corrected chi connectivity index (χ4v) is 4.86. The molecular formula is C27H25FN10. The molecule has 5 aromatic rings. The Labute approximate surface area is 218 Å². The molecule has 0 atom stereocenters. The van der Waals surface area contributed by atoms with Gasteiger partial charge >= 0.3 is 0 Å². The Hall–Kier alpha value is -4.85. The Morgan fingerprint density at radius 1 is 1.05 bits per heavy atom. The lowest BCUT2D eigenvalue weighted by Gasteiger charge is -2.21. The average molecular weight is 509 g/mol. The van der Waals surface area contributed by atoms with Crippen LogP contribution in [0.5, 0.6) is 0 Å². The molecule has 38 heavy (non-hydrogen) atoms. The van der Waals surface area contributed by atoms with Gasteiger partial charge < -0.3 is 11.1 Å². The van der Waals surface area contributed by atoms with E-state index in [0.29, 0.717) is 24.2 Å². The molecule has 4 aromatic heterocycles. The molecule has 0 aliphatic heterocycles. The van der Waals surface area contributed by atoms with Gasteiger partial charge in [-0.15, -0.1) is 5.10 Å². The molecule has 6 rings (SSSR count). The van der Waals surface area contributed by atoms with E-state index in [1.807, 2.05) is 30.5 Å². The van der Waals surface area contributed by atoms with Crippen molar-refractivity contribution < 1.29 is 4.39 Å². The number of rotatable bonds is 6. The minimum Gasteiger partial charge on any atom is -0.368 e. The smallest absolute Gasteiger partial charge is 0.243 e. The molecule has 1 aromatic carbocycles. The van der Waals surface area contributed by atoms with Gasteiger partial charge in [0.1, 0.15) is 11.9 Å². The second kappa shape index (κ2) is 9.89. The highest BCUT2D eigenvalue weighted by Crippen LogP contribution is 2.29. The lowest BCUT2D eigenvalue weighted by molar-refractivity contribution is 0.329. The molecule has 0 unspecified atom stereocenters. The summed E-state index contributed by atoms with van der Waals surface area (Å²) >= 11 is 0. The zero-order chi connectivity index (χ0) is 26.1. The van der Waals surface area contributed by atoms with Crippen LogP contribution in [0.4, 0.5) is 16.3 Å². The molecule has 0 amide bonds. The van der Waals surface area contributed by atoms with Crippen molar-refractivity contribution in [3.63, 3.8) is 0 Å². The first-order valence-electron chi connectivity index (χ1n) is 12.6. The summed E-state index contributed by atoms with van der Waals surface area (Å²) in [5.41, 5.74) is 9.52. The fourth-order valence-electron chi connectivity index (χ4n) is 4.86. The number of nitrogens with one attached hydrogen (secondary N) is 1. The summed E-state index contributed by atoms with van der Waals surface area (Å²) in [6.07, 6.45) is 10.1. The third-order valence-corrected chi connectivity index (χ3v) is 6.83. The average Bonchev–Trinajstić information content (AvgIpc) is 3.61. The fraction of sp³-hybridized carbons (Fsp3) is 0.259. The first-order valence-corrected chi connectivity index (χ1v) is 12.6. The number of hydrogen-bond acceptors (Lipinski definition) is 8. The molecule has 4 heterocycles. The number of anilines is 2. The molecule has 1 saturated carbocycles. The normalized spacial score (nSPS) is 14.0. The third kappa shape index (κ3) is 4.52. The molecule has 11 heteroatoms. The quantitative estimate of drug-likeness (QED) is 0.335. The van der Waals surface area contributed by atoms with Crippen molar-refractivity contribution in [2.45, 2.75) is 44.7 Å². The molecule has 0 saturated heterocycles. The van der Waals surface area contributed by atoms with Gasteiger partial charge in [-0.25, -0.2) is 9.37 Å². The monoisotopic (exact) mass is 508 g/mol. The van der Waals surface area contributed by atoms with Crippen LogP contribution in [0.3, 0.4) is 0 Å². The highest BCUT2D eigenvalue weighted by molar-refractivity contribution is 5.68. The summed E-state index contributed by atoms with van der Waals surface area (Å²) in [6, 6.07) is 14.3. The van der Waals surface area contributed by atoms with E-state index in [-0.39, 0.29) is 22.8 Å². The van der Waals surface area contributed by atoms with Crippen molar-refractivity contribution in [3.05, 3.63) is 71.9 Å². The van der Waals surface area contributed by atoms with Crippen molar-refractivity contribution in [1.29, 1.82) is 5.26 Å². The molecule has 1 fully saturated rings. The summed E-state index contributed by atoms with van der Waals surface area (Å²) in [7, 11) is 0. The van der Waals surface area contributed by atoms with Gasteiger partial charge in [-0.1, -0.05) is 31.4 Å². The molecule has 0 spiro atoms. The lowest BCUT2D eigenvalue weighted by Crippen LogP contribution is -2.12. The van der Waals surface area contributed by atoms with Gasteiger partial charge in [-0.2, -0.15) is 19.9 Å². The van der Waals surface area contributed by atoms with E-state index in [1.165, 1.54) is 42.7 Å². The topological polar surface area (TPSA) is 136 Å². The first kappa shape index (κ1) is 23.5. The van der Waals surface area contributed by atoms with E-state index in [1.54, 1.807) is 18.2 Å². The largest absolute Gasteiger partial charge is 0.368 e. The SMILES string of the molecule is N#Cc1cccc(-c2cc3nc(NCc4cccc(-c5cnn(C6CCCCC6)c5)n4)nn3c(N)n2)c1F. The van der Waals surface area contributed by atoms with Crippen LogP contribution in [0, 0.1) is 17.1 Å². The van der Waals surface area contributed by atoms with E-state index in [4.69, 9.17) is 16.0 Å². The summed E-state index contributed by atoms with van der Waals surface area (Å²) in [4.78, 5) is 13.5. The van der Waals surface area contributed by atoms with Crippen LogP contribution in [0.2, 0.25) is 0 Å². The van der Waals surface area contributed by atoms with Gasteiger partial charge in [0, 0.05) is 23.4 Å². The van der Waals surface area contributed by atoms with Gasteiger partial charge in [0.05, 0.1) is 41.4 Å². The molecular weight excluding hydrogens is 483 g/mol. The second-order valence-corrected chi connectivity index (χ2v) is 9.35. The van der Waals surface area contributed by atoms with Crippen molar-refractivity contribution in [3.8, 4) is 28.6 Å². The van der Waals surface area contributed by atoms with Gasteiger partial charge in [0.15, 0.2) is 5.65 Å². The minimum atomic E-state index is -0.653. The zero-order valence-electron chi connectivity index (χ0n) is 20.5. The number of halogens is 1. The number of nitrogen functional groups attached to an aromatic ring is 1. The van der Waals surface area contributed by atoms with Crippen molar-refractivity contribution in [2.75, 3.05) is 11.1 Å². The predicted molar refractivity (Wildman–Crippen MR) is 140 cm³/mol. The van der Waals surface area contributed by atoms with Gasteiger partial charge in [-0.05, 0) is 37.1 Å². The standard InChI is InChI=1S/C27H25FN10/c28-25-17(13-29)6-4-10-21(25)23-12-24-35-27(36-38(24)26(30)34-23)31-15-19-7-5-11-22(33-19)18-14-32-37(16-18)20-8-2-1-3-9-20/h4-7,10-12,14,16,20H,1-3,8-9,15H2,(H2,30,34)(H,31,36). The van der Waals surface area contributed by atoms with E-state index < -0.39 is 5.82 Å². The summed E-state index contributed by atoms with van der Waals surface area (Å²) in [6.45, 7) is 0.389. The third-order valence-electron chi connectivity index (χ3n) is 6.83. The van der Waals surface area contributed by atoms with Gasteiger partial charge in [0.25, 0.3) is 0 Å². The van der Waals surface area contributed by atoms with E-state index in [0.717, 1.165) is 17.0 Å². The first-order chi connectivity index (χ1) is 18.6. The van der Waals surface area contributed by atoms with Crippen LogP contribution >= 0.6 is 0 Å². The maximum absolute atomic E-state index is 14.7. The number of hydrogen-bond donors (Lipinski definition) is 2. The van der Waals surface area contributed by atoms with Crippen molar-refractivity contribution >= 4 is 17.5 Å². The van der Waals surface area contributed by atoms with E-state index >= 15 is 0 Å². The number of nitrogens with two attached hydrogens (primary N) is 1. The number of pyridine rings is 1. The summed E-state index contributed by atoms with van der Waals surface area (Å²) in [5.74, 6) is -0.270. The molecule has 1 aliphatic rings. The molecule has 3 N–H and O–H groups in total. The molecule has 0 bridgehead atoms. The van der Waals surface area contributed by atoms with Crippen LogP contribution < -0.4 is 11.1 Å². The molecule has 0 radical (unpaired) electrons. The maximum Gasteiger partial charge on any atom is 0.243 e. The molecule has 10 nitrogen and oxygen atoms in total. The van der Waals surface area contributed by atoms with Gasteiger partial charge in [-0.3, -0.25) is 9.67 Å². The predicted octanol–water partition coefficient (Wildman–Crippen LogP) is 4.76. The van der Waals surface area contributed by atoms with E-state index in [9.17, 15) is 4.39 Å². The Balaban J connectivity index is 1.20. The van der Waals surface area contributed by atoms with Crippen LogP contribution in [0.1, 0.15) is 49.4 Å². The molecule has 190 valence electrons. The van der Waals surface area contributed by atoms with Crippen molar-refractivity contribution in [1.82, 2.24) is 34.3 Å².